The summed E-state index contributed by atoms with van der Waals surface area (Å²) < 4.78 is 1.13. The Kier molecular flexibility index (Phi) is 4.10. The second-order valence-corrected chi connectivity index (χ2v) is 8.36. The quantitative estimate of drug-likeness (QED) is 0.383. The van der Waals surface area contributed by atoms with Crippen LogP contribution in [0.1, 0.15) is 36.1 Å². The fraction of sp³-hybridized carbons (Fsp3) is 0.130. The molecule has 0 unspecified atom stereocenters. The lowest BCUT2D eigenvalue weighted by Gasteiger charge is -2.21. The van der Waals surface area contributed by atoms with Gasteiger partial charge in [0.1, 0.15) is 0 Å². The molecule has 0 N–H and O–H groups in total. The molecule has 0 saturated heterocycles. The van der Waals surface area contributed by atoms with Gasteiger partial charge in [-0.15, -0.1) is 0 Å². The van der Waals surface area contributed by atoms with Crippen LogP contribution in [0.3, 0.4) is 0 Å². The van der Waals surface area contributed by atoms with Crippen molar-refractivity contribution in [3.05, 3.63) is 92.4 Å². The highest BCUT2D eigenvalue weighted by molar-refractivity contribution is 9.10. The molecule has 2 heteroatoms. The van der Waals surface area contributed by atoms with Gasteiger partial charge < -0.3 is 0 Å². The molecule has 0 fully saturated rings. The van der Waals surface area contributed by atoms with Crippen LogP contribution in [-0.4, -0.2) is 0 Å². The summed E-state index contributed by atoms with van der Waals surface area (Å²) in [5.74, 6) is 0. The molecule has 0 amide bonds. The van der Waals surface area contributed by atoms with E-state index in [1.54, 1.807) is 0 Å². The number of fused-ring (bicyclic) bond motifs is 3. The van der Waals surface area contributed by atoms with Gasteiger partial charge in [-0.05, 0) is 57.6 Å². The van der Waals surface area contributed by atoms with E-state index in [1.807, 2.05) is 24.3 Å². The van der Waals surface area contributed by atoms with Crippen LogP contribution in [0.2, 0.25) is 5.02 Å². The highest BCUT2D eigenvalue weighted by Gasteiger charge is 2.35. The van der Waals surface area contributed by atoms with Crippen LogP contribution in [0.5, 0.6) is 0 Å². The van der Waals surface area contributed by atoms with E-state index in [2.05, 4.69) is 78.3 Å². The fourth-order valence-electron chi connectivity index (χ4n) is 3.60. The van der Waals surface area contributed by atoms with Crippen LogP contribution in [0.15, 0.2) is 65.1 Å². The van der Waals surface area contributed by atoms with Crippen molar-refractivity contribution in [1.82, 2.24) is 0 Å². The molecule has 25 heavy (non-hydrogen) atoms. The van der Waals surface area contributed by atoms with Crippen molar-refractivity contribution in [2.45, 2.75) is 19.3 Å². The van der Waals surface area contributed by atoms with E-state index in [0.717, 1.165) is 15.1 Å². The molecule has 0 aliphatic heterocycles. The first-order valence-corrected chi connectivity index (χ1v) is 9.51. The fourth-order valence-corrected chi connectivity index (χ4v) is 4.08. The number of hydrogen-bond acceptors (Lipinski definition) is 0. The number of benzene rings is 3. The van der Waals surface area contributed by atoms with Gasteiger partial charge in [-0.2, -0.15) is 0 Å². The molecule has 0 heterocycles. The molecular weight excluding hydrogens is 392 g/mol. The maximum Gasteiger partial charge on any atom is 0.0406 e. The molecule has 3 aromatic rings. The number of hydrogen-bond donors (Lipinski definition) is 0. The molecular formula is C23H18BrCl. The lowest BCUT2D eigenvalue weighted by Crippen LogP contribution is -2.15. The molecule has 124 valence electrons. The van der Waals surface area contributed by atoms with Gasteiger partial charge >= 0.3 is 0 Å². The summed E-state index contributed by atoms with van der Waals surface area (Å²) in [5.41, 5.74) is 7.84. The van der Waals surface area contributed by atoms with Gasteiger partial charge in [-0.25, -0.2) is 0 Å². The summed E-state index contributed by atoms with van der Waals surface area (Å²) in [6.45, 7) is 4.60. The Bertz CT molecular complexity index is 981. The topological polar surface area (TPSA) is 0 Å². The van der Waals surface area contributed by atoms with Crippen molar-refractivity contribution in [1.29, 1.82) is 0 Å². The molecule has 0 saturated carbocycles. The molecule has 1 aliphatic carbocycles. The average molecular weight is 410 g/mol. The minimum Gasteiger partial charge on any atom is -0.0843 e. The van der Waals surface area contributed by atoms with Crippen LogP contribution >= 0.6 is 27.5 Å². The molecule has 0 radical (unpaired) electrons. The van der Waals surface area contributed by atoms with Crippen LogP contribution in [0, 0.1) is 0 Å². The maximum absolute atomic E-state index is 5.95. The standard InChI is InChI=1S/C23H18BrCl/c1-23(2)21-13-16(4-3-15-5-9-18(25)10-6-15)7-11-19(21)20-12-8-17(24)14-22(20)23/h3-14H,1-2H3/b4-3+. The van der Waals surface area contributed by atoms with Crippen LogP contribution in [0.4, 0.5) is 0 Å². The van der Waals surface area contributed by atoms with E-state index in [9.17, 15) is 0 Å². The lowest BCUT2D eigenvalue weighted by atomic mass is 9.82. The second kappa shape index (κ2) is 6.16. The van der Waals surface area contributed by atoms with Crippen molar-refractivity contribution in [3.63, 3.8) is 0 Å². The zero-order valence-electron chi connectivity index (χ0n) is 14.2. The molecule has 0 atom stereocenters. The first-order valence-electron chi connectivity index (χ1n) is 8.34. The minimum atomic E-state index is 0.0125. The van der Waals surface area contributed by atoms with E-state index in [-0.39, 0.29) is 5.41 Å². The zero-order chi connectivity index (χ0) is 17.6. The van der Waals surface area contributed by atoms with Crippen molar-refractivity contribution in [2.75, 3.05) is 0 Å². The van der Waals surface area contributed by atoms with Crippen molar-refractivity contribution < 1.29 is 0 Å². The molecule has 1 aliphatic rings. The average Bonchev–Trinajstić information content (AvgIpc) is 2.82. The smallest absolute Gasteiger partial charge is 0.0406 e. The van der Waals surface area contributed by atoms with Gasteiger partial charge in [0.25, 0.3) is 0 Å². The van der Waals surface area contributed by atoms with E-state index in [4.69, 9.17) is 11.6 Å². The van der Waals surface area contributed by atoms with Crippen LogP contribution in [-0.2, 0) is 5.41 Å². The largest absolute Gasteiger partial charge is 0.0843 e. The molecule has 0 bridgehead atoms. The SMILES string of the molecule is CC1(C)c2cc(Br)ccc2-c2ccc(/C=C/c3ccc(Cl)cc3)cc21. The molecule has 4 rings (SSSR count). The van der Waals surface area contributed by atoms with Crippen LogP contribution < -0.4 is 0 Å². The highest BCUT2D eigenvalue weighted by atomic mass is 79.9. The van der Waals surface area contributed by atoms with Gasteiger partial charge in [-0.3, -0.25) is 0 Å². The normalized spacial score (nSPS) is 14.6. The maximum atomic E-state index is 5.95. The summed E-state index contributed by atoms with van der Waals surface area (Å²) in [6.07, 6.45) is 4.29. The third-order valence-electron chi connectivity index (χ3n) is 5.00. The number of rotatable bonds is 2. The Morgan fingerprint density at radius 2 is 1.32 bits per heavy atom. The Morgan fingerprint density at radius 3 is 2.04 bits per heavy atom. The van der Waals surface area contributed by atoms with E-state index in [1.165, 1.54) is 27.8 Å². The third-order valence-corrected chi connectivity index (χ3v) is 5.75. The summed E-state index contributed by atoms with van der Waals surface area (Å²) in [7, 11) is 0. The third kappa shape index (κ3) is 2.96. The van der Waals surface area contributed by atoms with Gasteiger partial charge in [0.2, 0.25) is 0 Å². The Balaban J connectivity index is 1.73. The molecule has 0 spiro atoms. The monoisotopic (exact) mass is 408 g/mol. The van der Waals surface area contributed by atoms with Crippen molar-refractivity contribution >= 4 is 39.7 Å². The summed E-state index contributed by atoms with van der Waals surface area (Å²) in [5, 5.41) is 0.764. The van der Waals surface area contributed by atoms with Gasteiger partial charge in [0, 0.05) is 14.9 Å². The summed E-state index contributed by atoms with van der Waals surface area (Å²) in [4.78, 5) is 0. The van der Waals surface area contributed by atoms with Gasteiger partial charge in [-0.1, -0.05) is 89.9 Å². The first kappa shape index (κ1) is 16.6. The molecule has 0 aromatic heterocycles. The Hall–Kier alpha value is -1.83. The lowest BCUT2D eigenvalue weighted by molar-refractivity contribution is 0.660. The van der Waals surface area contributed by atoms with Crippen molar-refractivity contribution in [2.24, 2.45) is 0 Å². The van der Waals surface area contributed by atoms with E-state index < -0.39 is 0 Å². The van der Waals surface area contributed by atoms with E-state index >= 15 is 0 Å². The second-order valence-electron chi connectivity index (χ2n) is 7.00. The van der Waals surface area contributed by atoms with Crippen molar-refractivity contribution in [3.8, 4) is 11.1 Å². The van der Waals surface area contributed by atoms with E-state index in [0.29, 0.717) is 0 Å². The summed E-state index contributed by atoms with van der Waals surface area (Å²) in [6, 6.07) is 21.2. The Morgan fingerprint density at radius 1 is 0.760 bits per heavy atom. The highest BCUT2D eigenvalue weighted by Crippen LogP contribution is 2.49. The van der Waals surface area contributed by atoms with Gasteiger partial charge in [0.05, 0.1) is 0 Å². The number of halogens is 2. The first-order chi connectivity index (χ1) is 11.9. The zero-order valence-corrected chi connectivity index (χ0v) is 16.5. The predicted molar refractivity (Wildman–Crippen MR) is 112 cm³/mol. The Labute approximate surface area is 162 Å². The van der Waals surface area contributed by atoms with Crippen LogP contribution in [0.25, 0.3) is 23.3 Å². The predicted octanol–water partition coefficient (Wildman–Crippen LogP) is 7.58. The minimum absolute atomic E-state index is 0.0125. The summed E-state index contributed by atoms with van der Waals surface area (Å²) >= 11 is 9.56. The molecule has 0 nitrogen and oxygen atoms in total. The molecule has 3 aromatic carbocycles. The van der Waals surface area contributed by atoms with Gasteiger partial charge in [0.15, 0.2) is 0 Å².